The van der Waals surface area contributed by atoms with Gasteiger partial charge in [-0.25, -0.2) is 13.4 Å². The number of nitrogens with zero attached hydrogens (tertiary/aromatic N) is 4. The SMILES string of the molecule is CC(=O)S[C@@H]1CC2=CC(=O)CC[C@]2(C)[C@H]2CC[C@@]3(C)[C@@H](CC[C@@]34CCC(=O)O4)[C@H]12.CC(C)NCC(O)c1ccc(NS(C)(=O)=O)cc1.COc1cc2nc(N3CCN(C(=O)C4CCCO4)CC3)nc(N)c2cc1OC. The van der Waals surface area contributed by atoms with Gasteiger partial charge in [0.2, 0.25) is 16.0 Å². The Morgan fingerprint density at radius 2 is 1.64 bits per heavy atom. The lowest BCUT2D eigenvalue weighted by molar-refractivity contribution is -0.167. The molecule has 1 spiro atoms. The van der Waals surface area contributed by atoms with Crippen LogP contribution in [0.2, 0.25) is 0 Å². The third kappa shape index (κ3) is 12.1. The Kier molecular flexibility index (Phi) is 17.2. The molecule has 2 aromatic carbocycles. The van der Waals surface area contributed by atoms with Crippen molar-refractivity contribution in [2.45, 2.75) is 134 Å². The Morgan fingerprint density at radius 3 is 2.25 bits per heavy atom. The van der Waals surface area contributed by atoms with Gasteiger partial charge in [-0.2, -0.15) is 4.98 Å². The van der Waals surface area contributed by atoms with Gasteiger partial charge in [-0.3, -0.25) is 23.9 Å². The summed E-state index contributed by atoms with van der Waals surface area (Å²) in [6.07, 6.45) is 12.0. The molecule has 3 aliphatic heterocycles. The van der Waals surface area contributed by atoms with Gasteiger partial charge in [0.25, 0.3) is 5.91 Å². The van der Waals surface area contributed by atoms with Crippen LogP contribution < -0.4 is 30.1 Å². The number of nitrogens with two attached hydrogens (primary N) is 1. The molecule has 7 aliphatic rings. The fraction of sp³-hybridized carbons (Fsp3) is 0.636. The Morgan fingerprint density at radius 1 is 0.947 bits per heavy atom. The van der Waals surface area contributed by atoms with E-state index in [-0.39, 0.29) is 50.6 Å². The van der Waals surface area contributed by atoms with Gasteiger partial charge in [0, 0.05) is 92.9 Å². The highest BCUT2D eigenvalue weighted by molar-refractivity contribution is 8.14. The van der Waals surface area contributed by atoms with Crippen LogP contribution >= 0.6 is 11.8 Å². The molecule has 6 fully saturated rings. The van der Waals surface area contributed by atoms with Crippen LogP contribution in [-0.4, -0.2) is 134 Å². The molecule has 4 aliphatic carbocycles. The summed E-state index contributed by atoms with van der Waals surface area (Å²) in [5.41, 5.74) is 9.21. The Bertz CT molecular complexity index is 2750. The van der Waals surface area contributed by atoms with Crippen LogP contribution in [0.25, 0.3) is 10.9 Å². The van der Waals surface area contributed by atoms with Crippen LogP contribution in [0, 0.1) is 28.6 Å². The Balaban J connectivity index is 0.000000154. The molecule has 4 heterocycles. The van der Waals surface area contributed by atoms with E-state index in [2.05, 4.69) is 33.9 Å². The molecule has 9 atom stereocenters. The van der Waals surface area contributed by atoms with Crippen molar-refractivity contribution < 1.29 is 51.6 Å². The molecule has 3 aromatic rings. The number of sulfonamides is 1. The zero-order chi connectivity index (χ0) is 54.0. The molecule has 18 nitrogen and oxygen atoms in total. The predicted molar refractivity (Wildman–Crippen MR) is 290 cm³/mol. The number of thioether (sulfide) groups is 1. The normalized spacial score (nSPS) is 29.5. The van der Waals surface area contributed by atoms with E-state index in [1.54, 1.807) is 57.5 Å². The van der Waals surface area contributed by atoms with Crippen molar-refractivity contribution in [3.05, 3.63) is 53.6 Å². The number of nitrogens with one attached hydrogen (secondary N) is 2. The molecule has 3 saturated carbocycles. The molecular formula is C55H77N7O11S2. The van der Waals surface area contributed by atoms with Gasteiger partial charge in [-0.15, -0.1) is 0 Å². The zero-order valence-corrected chi connectivity index (χ0v) is 46.4. The van der Waals surface area contributed by atoms with Gasteiger partial charge in [0.05, 0.1) is 32.1 Å². The number of hydrogen-bond donors (Lipinski definition) is 4. The number of aliphatic hydroxyl groups excluding tert-OH is 1. The molecule has 5 N–H and O–H groups in total. The van der Waals surface area contributed by atoms with Crippen molar-refractivity contribution in [3.63, 3.8) is 0 Å². The molecule has 410 valence electrons. The molecule has 20 heteroatoms. The molecular weight excluding hydrogens is 999 g/mol. The predicted octanol–water partition coefficient (Wildman–Crippen LogP) is 7.00. The van der Waals surface area contributed by atoms with Crippen LogP contribution in [0.5, 0.6) is 11.5 Å². The maximum Gasteiger partial charge on any atom is 0.306 e. The van der Waals surface area contributed by atoms with Gasteiger partial charge in [-0.05, 0) is 111 Å². The highest BCUT2D eigenvalue weighted by Crippen LogP contribution is 2.70. The summed E-state index contributed by atoms with van der Waals surface area (Å²) in [7, 11) is -0.0979. The fourth-order valence-corrected chi connectivity index (χ4v) is 15.1. The van der Waals surface area contributed by atoms with E-state index < -0.39 is 16.1 Å². The quantitative estimate of drug-likeness (QED) is 0.141. The molecule has 1 aromatic heterocycles. The number of hydrogen-bond acceptors (Lipinski definition) is 17. The smallest absolute Gasteiger partial charge is 0.306 e. The lowest BCUT2D eigenvalue weighted by Gasteiger charge is -2.61. The van der Waals surface area contributed by atoms with Crippen molar-refractivity contribution >= 4 is 72.9 Å². The number of allylic oxidation sites excluding steroid dienone is 1. The van der Waals surface area contributed by atoms with Gasteiger partial charge >= 0.3 is 5.97 Å². The number of benzene rings is 2. The van der Waals surface area contributed by atoms with Crippen LogP contribution in [0.1, 0.15) is 117 Å². The molecule has 3 saturated heterocycles. The first kappa shape index (κ1) is 56.2. The fourth-order valence-electron chi connectivity index (χ4n) is 13.3. The average molecular weight is 1080 g/mol. The third-order valence-corrected chi connectivity index (χ3v) is 18.9. The number of carbonyl (C=O) groups excluding carboxylic acids is 4. The van der Waals surface area contributed by atoms with Crippen LogP contribution in [0.4, 0.5) is 17.5 Å². The third-order valence-electron chi connectivity index (χ3n) is 17.2. The number of fused-ring (bicyclic) bond motifs is 7. The molecule has 10 rings (SSSR count). The summed E-state index contributed by atoms with van der Waals surface area (Å²) in [4.78, 5) is 62.0. The summed E-state index contributed by atoms with van der Waals surface area (Å²) in [5.74, 6) is 3.88. The van der Waals surface area contributed by atoms with Gasteiger partial charge in [0.1, 0.15) is 17.5 Å². The van der Waals surface area contributed by atoms with E-state index in [1.807, 2.05) is 29.7 Å². The van der Waals surface area contributed by atoms with Crippen molar-refractivity contribution in [3.8, 4) is 11.5 Å². The first-order valence-corrected chi connectivity index (χ1v) is 29.3. The largest absolute Gasteiger partial charge is 0.493 e. The molecule has 0 bridgehead atoms. The van der Waals surface area contributed by atoms with E-state index >= 15 is 0 Å². The zero-order valence-electron chi connectivity index (χ0n) is 44.8. The van der Waals surface area contributed by atoms with E-state index in [1.165, 1.54) is 17.3 Å². The van der Waals surface area contributed by atoms with E-state index in [0.717, 1.165) is 69.6 Å². The highest BCUT2D eigenvalue weighted by atomic mass is 32.2. The van der Waals surface area contributed by atoms with Gasteiger partial charge in [-0.1, -0.05) is 57.2 Å². The number of carbonyl (C=O) groups is 4. The summed E-state index contributed by atoms with van der Waals surface area (Å²) < 4.78 is 46.7. The van der Waals surface area contributed by atoms with Crippen molar-refractivity contribution in [1.82, 2.24) is 20.2 Å². The Hall–Kier alpha value is -5.02. The van der Waals surface area contributed by atoms with Crippen molar-refractivity contribution in [1.29, 1.82) is 0 Å². The molecule has 75 heavy (non-hydrogen) atoms. The summed E-state index contributed by atoms with van der Waals surface area (Å²) in [6, 6.07) is 10.6. The standard InChI is InChI=1S/C24H32O4S.C19H25N5O4.C12H20N2O3S/c1-14(25)29-19-13-15-12-16(26)4-8-22(15,2)17-5-9-23(3)18(21(17)19)6-10-24(23)11-7-20(27)28-24;1-26-15-10-12-13(11-16(15)27-2)21-19(22-17(12)20)24-7-5-23(6-8-24)18(25)14-4-3-9-28-14;1-9(2)13-8-12(15)10-4-6-11(7-5-10)14-18(3,16)17/h12,17-19,21H,4-11,13H2,1-3H3;10-11,14H,3-9H2,1-2H3,(H2,20,21,22);4-7,9,12-15H,8H2,1-3H3/t17-,18-,19+,21+,22-,23-,24+;;/m0../s1. The average Bonchev–Trinajstić information content (AvgIpc) is 4.18. The molecule has 2 unspecified atom stereocenters. The van der Waals surface area contributed by atoms with Gasteiger partial charge < -0.3 is 44.9 Å². The second-order valence-corrected chi connectivity index (χ2v) is 25.3. The number of rotatable bonds is 11. The Labute approximate surface area is 446 Å². The second kappa shape index (κ2) is 22.9. The number of piperazine rings is 1. The number of anilines is 3. The minimum absolute atomic E-state index is 0.0119. The maximum atomic E-state index is 12.5. The van der Waals surface area contributed by atoms with Crippen molar-refractivity contribution in [2.75, 3.05) is 75.2 Å². The maximum absolute atomic E-state index is 12.5. The topological polar surface area (TPSA) is 242 Å². The van der Waals surface area contributed by atoms with Crippen LogP contribution in [-0.2, 0) is 38.7 Å². The van der Waals surface area contributed by atoms with E-state index in [9.17, 15) is 32.7 Å². The first-order chi connectivity index (χ1) is 35.6. The van der Waals surface area contributed by atoms with E-state index in [0.29, 0.717) is 116 Å². The highest BCUT2D eigenvalue weighted by Gasteiger charge is 2.68. The summed E-state index contributed by atoms with van der Waals surface area (Å²) in [6.45, 7) is 14.1. The van der Waals surface area contributed by atoms with Gasteiger partial charge in [0.15, 0.2) is 22.4 Å². The van der Waals surface area contributed by atoms with Crippen molar-refractivity contribution in [2.24, 2.45) is 28.6 Å². The number of methoxy groups -OCH3 is 2. The number of nitrogen functional groups attached to an aromatic ring is 1. The number of ketones is 1. The lowest BCUT2D eigenvalue weighted by atomic mass is 9.46. The number of ether oxygens (including phenoxy) is 4. The minimum Gasteiger partial charge on any atom is -0.493 e. The number of aliphatic hydroxyl groups is 1. The van der Waals surface area contributed by atoms with Crippen LogP contribution in [0.3, 0.4) is 0 Å². The molecule has 1 amide bonds. The molecule has 0 radical (unpaired) electrons. The first-order valence-electron chi connectivity index (χ1n) is 26.5. The number of amides is 1. The summed E-state index contributed by atoms with van der Waals surface area (Å²) in [5, 5.41) is 14.2. The van der Waals surface area contributed by atoms with E-state index in [4.69, 9.17) is 24.7 Å². The van der Waals surface area contributed by atoms with Crippen LogP contribution in [0.15, 0.2) is 48.0 Å². The lowest BCUT2D eigenvalue weighted by Crippen LogP contribution is -2.57. The minimum atomic E-state index is -3.26. The summed E-state index contributed by atoms with van der Waals surface area (Å²) >= 11 is 1.50. The number of aromatic nitrogens is 2. The monoisotopic (exact) mass is 1080 g/mol. The second-order valence-electron chi connectivity index (χ2n) is 22.2. The number of esters is 1.